The first-order chi connectivity index (χ1) is 11.7. The summed E-state index contributed by atoms with van der Waals surface area (Å²) in [6, 6.07) is 6.37. The Morgan fingerprint density at radius 2 is 1.84 bits per heavy atom. The van der Waals surface area contributed by atoms with Crippen LogP contribution in [0.4, 0.5) is 5.69 Å². The molecule has 2 rings (SSSR count). The SMILES string of the molecule is CCC(CC)C(=O)Nc1ccc(S(=O)(=O)N2CCOCC2(C)C)cc1. The molecule has 140 valence electrons. The van der Waals surface area contributed by atoms with Crippen molar-refractivity contribution in [2.45, 2.75) is 51.0 Å². The molecule has 0 spiro atoms. The van der Waals surface area contributed by atoms with E-state index in [0.717, 1.165) is 12.8 Å². The fourth-order valence-electron chi connectivity index (χ4n) is 3.03. The van der Waals surface area contributed by atoms with Crippen LogP contribution >= 0.6 is 0 Å². The monoisotopic (exact) mass is 368 g/mol. The van der Waals surface area contributed by atoms with Crippen molar-refractivity contribution in [3.8, 4) is 0 Å². The van der Waals surface area contributed by atoms with E-state index in [1.165, 1.54) is 4.31 Å². The van der Waals surface area contributed by atoms with Crippen LogP contribution in [0.1, 0.15) is 40.5 Å². The molecule has 0 radical (unpaired) electrons. The Bertz CT molecular complexity index is 694. The average molecular weight is 368 g/mol. The quantitative estimate of drug-likeness (QED) is 0.838. The maximum absolute atomic E-state index is 12.9. The van der Waals surface area contributed by atoms with Gasteiger partial charge in [0.15, 0.2) is 0 Å². The van der Waals surface area contributed by atoms with Crippen LogP contribution in [0.25, 0.3) is 0 Å². The lowest BCUT2D eigenvalue weighted by atomic mass is 10.0. The van der Waals surface area contributed by atoms with Crippen molar-refractivity contribution in [3.63, 3.8) is 0 Å². The number of amides is 1. The Labute approximate surface area is 150 Å². The highest BCUT2D eigenvalue weighted by Gasteiger charge is 2.39. The molecule has 1 amide bonds. The molecule has 7 heteroatoms. The van der Waals surface area contributed by atoms with E-state index in [0.29, 0.717) is 25.4 Å². The fourth-order valence-corrected chi connectivity index (χ4v) is 4.78. The third kappa shape index (κ3) is 4.40. The smallest absolute Gasteiger partial charge is 0.243 e. The standard InChI is InChI=1S/C18H28N2O4S/c1-5-14(6-2)17(21)19-15-7-9-16(10-8-15)25(22,23)20-11-12-24-13-18(20,3)4/h7-10,14H,5-6,11-13H2,1-4H3,(H,19,21). The number of nitrogens with one attached hydrogen (secondary N) is 1. The summed E-state index contributed by atoms with van der Waals surface area (Å²) in [6.45, 7) is 8.77. The first-order valence-electron chi connectivity index (χ1n) is 8.74. The Morgan fingerprint density at radius 3 is 2.36 bits per heavy atom. The van der Waals surface area contributed by atoms with Gasteiger partial charge in [-0.3, -0.25) is 4.79 Å². The van der Waals surface area contributed by atoms with Crippen molar-refractivity contribution >= 4 is 21.6 Å². The number of hydrogen-bond donors (Lipinski definition) is 1. The van der Waals surface area contributed by atoms with E-state index in [1.54, 1.807) is 24.3 Å². The van der Waals surface area contributed by atoms with Gasteiger partial charge in [0.05, 0.1) is 23.6 Å². The summed E-state index contributed by atoms with van der Waals surface area (Å²) in [5, 5.41) is 2.85. The van der Waals surface area contributed by atoms with Crippen LogP contribution in [-0.2, 0) is 19.6 Å². The average Bonchev–Trinajstić information content (AvgIpc) is 2.55. The molecular weight excluding hydrogens is 340 g/mol. The molecular formula is C18H28N2O4S. The Balaban J connectivity index is 2.17. The van der Waals surface area contributed by atoms with Crippen LogP contribution in [0.2, 0.25) is 0 Å². The van der Waals surface area contributed by atoms with Crippen LogP contribution in [0.15, 0.2) is 29.2 Å². The second-order valence-electron chi connectivity index (χ2n) is 6.97. The Morgan fingerprint density at radius 1 is 1.24 bits per heavy atom. The summed E-state index contributed by atoms with van der Waals surface area (Å²) in [7, 11) is -3.60. The zero-order chi connectivity index (χ0) is 18.7. The second kappa shape index (κ2) is 7.85. The molecule has 0 saturated carbocycles. The number of nitrogens with zero attached hydrogens (tertiary/aromatic N) is 1. The molecule has 0 aliphatic carbocycles. The highest BCUT2D eigenvalue weighted by Crippen LogP contribution is 2.28. The van der Waals surface area contributed by atoms with Crippen molar-refractivity contribution < 1.29 is 17.9 Å². The van der Waals surface area contributed by atoms with E-state index in [4.69, 9.17) is 4.74 Å². The number of anilines is 1. The van der Waals surface area contributed by atoms with Gasteiger partial charge in [0.2, 0.25) is 15.9 Å². The number of rotatable bonds is 6. The van der Waals surface area contributed by atoms with Gasteiger partial charge >= 0.3 is 0 Å². The van der Waals surface area contributed by atoms with Gasteiger partial charge < -0.3 is 10.1 Å². The molecule has 1 aromatic carbocycles. The summed E-state index contributed by atoms with van der Waals surface area (Å²) in [4.78, 5) is 12.4. The van der Waals surface area contributed by atoms with Gasteiger partial charge in [-0.1, -0.05) is 13.8 Å². The molecule has 0 atom stereocenters. The zero-order valence-electron chi connectivity index (χ0n) is 15.4. The minimum atomic E-state index is -3.60. The van der Waals surface area contributed by atoms with Gasteiger partial charge in [-0.05, 0) is 51.0 Å². The number of morpholine rings is 1. The Hall–Kier alpha value is -1.44. The highest BCUT2D eigenvalue weighted by atomic mass is 32.2. The number of carbonyl (C=O) groups is 1. The van der Waals surface area contributed by atoms with Crippen molar-refractivity contribution in [2.24, 2.45) is 5.92 Å². The molecule has 1 aliphatic rings. The summed E-state index contributed by atoms with van der Waals surface area (Å²) in [6.07, 6.45) is 1.56. The van der Waals surface area contributed by atoms with Crippen LogP contribution < -0.4 is 5.32 Å². The third-order valence-electron chi connectivity index (χ3n) is 4.64. The molecule has 1 saturated heterocycles. The van der Waals surface area contributed by atoms with Crippen molar-refractivity contribution in [3.05, 3.63) is 24.3 Å². The lowest BCUT2D eigenvalue weighted by Crippen LogP contribution is -2.55. The Kier molecular flexibility index (Phi) is 6.24. The number of carbonyl (C=O) groups excluding carboxylic acids is 1. The van der Waals surface area contributed by atoms with E-state index in [2.05, 4.69) is 5.32 Å². The van der Waals surface area contributed by atoms with Gasteiger partial charge in [0, 0.05) is 18.2 Å². The molecule has 1 aliphatic heterocycles. The second-order valence-corrected chi connectivity index (χ2v) is 8.83. The lowest BCUT2D eigenvalue weighted by molar-refractivity contribution is -0.120. The normalized spacial score (nSPS) is 18.3. The topological polar surface area (TPSA) is 75.7 Å². The van der Waals surface area contributed by atoms with Crippen LogP contribution in [0.5, 0.6) is 0 Å². The first kappa shape index (κ1) is 19.9. The third-order valence-corrected chi connectivity index (χ3v) is 6.76. The maximum Gasteiger partial charge on any atom is 0.243 e. The number of ether oxygens (including phenoxy) is 1. The molecule has 1 heterocycles. The molecule has 1 aromatic rings. The van der Waals surface area contributed by atoms with Gasteiger partial charge in [-0.2, -0.15) is 4.31 Å². The molecule has 1 fully saturated rings. The van der Waals surface area contributed by atoms with Gasteiger partial charge in [0.1, 0.15) is 0 Å². The highest BCUT2D eigenvalue weighted by molar-refractivity contribution is 7.89. The molecule has 0 aromatic heterocycles. The van der Waals surface area contributed by atoms with Crippen LogP contribution in [0, 0.1) is 5.92 Å². The summed E-state index contributed by atoms with van der Waals surface area (Å²) < 4.78 is 32.7. The van der Waals surface area contributed by atoms with Gasteiger partial charge in [-0.25, -0.2) is 8.42 Å². The van der Waals surface area contributed by atoms with E-state index in [-0.39, 0.29) is 16.7 Å². The maximum atomic E-state index is 12.9. The molecule has 1 N–H and O–H groups in total. The van der Waals surface area contributed by atoms with Crippen LogP contribution in [0.3, 0.4) is 0 Å². The van der Waals surface area contributed by atoms with Gasteiger partial charge in [0.25, 0.3) is 0 Å². The number of sulfonamides is 1. The summed E-state index contributed by atoms with van der Waals surface area (Å²) >= 11 is 0. The summed E-state index contributed by atoms with van der Waals surface area (Å²) in [5.41, 5.74) is 0.0245. The largest absolute Gasteiger partial charge is 0.378 e. The van der Waals surface area contributed by atoms with E-state index in [1.807, 2.05) is 27.7 Å². The minimum absolute atomic E-state index is 0.0300. The van der Waals surface area contributed by atoms with E-state index < -0.39 is 15.6 Å². The van der Waals surface area contributed by atoms with E-state index >= 15 is 0 Å². The van der Waals surface area contributed by atoms with Crippen molar-refractivity contribution in [1.29, 1.82) is 0 Å². The lowest BCUT2D eigenvalue weighted by Gasteiger charge is -2.40. The molecule has 6 nitrogen and oxygen atoms in total. The predicted octanol–water partition coefficient (Wildman–Crippen LogP) is 2.86. The molecule has 0 unspecified atom stereocenters. The first-order valence-corrected chi connectivity index (χ1v) is 10.2. The summed E-state index contributed by atoms with van der Waals surface area (Å²) in [5.74, 6) is -0.0625. The predicted molar refractivity (Wildman–Crippen MR) is 97.9 cm³/mol. The fraction of sp³-hybridized carbons (Fsp3) is 0.611. The zero-order valence-corrected chi connectivity index (χ0v) is 16.2. The van der Waals surface area contributed by atoms with Crippen molar-refractivity contribution in [1.82, 2.24) is 4.31 Å². The molecule has 25 heavy (non-hydrogen) atoms. The molecule has 0 bridgehead atoms. The number of hydrogen-bond acceptors (Lipinski definition) is 4. The van der Waals surface area contributed by atoms with E-state index in [9.17, 15) is 13.2 Å². The minimum Gasteiger partial charge on any atom is -0.378 e. The van der Waals surface area contributed by atoms with Crippen LogP contribution in [-0.4, -0.2) is 43.9 Å². The number of benzene rings is 1. The van der Waals surface area contributed by atoms with Crippen molar-refractivity contribution in [2.75, 3.05) is 25.1 Å². The van der Waals surface area contributed by atoms with Gasteiger partial charge in [-0.15, -0.1) is 0 Å².